The number of ether oxygens (including phenoxy) is 2. The molecule has 54 heavy (non-hydrogen) atoms. The number of carbonyl (C=O) groups excluding carboxylic acids is 2. The molecule has 0 bridgehead atoms. The van der Waals surface area contributed by atoms with Crippen molar-refractivity contribution < 1.29 is 52.6 Å². The molecule has 0 aliphatic carbocycles. The Bertz CT molecular complexity index is 1020. The first-order chi connectivity index (χ1) is 26.1. The first kappa shape index (κ1) is 52.0. The third-order valence-electron chi connectivity index (χ3n) is 9.14. The number of esters is 2. The van der Waals surface area contributed by atoms with Gasteiger partial charge in [-0.3, -0.25) is 18.6 Å². The fourth-order valence-corrected chi connectivity index (χ4v) is 6.72. The molecule has 0 aromatic rings. The second kappa shape index (κ2) is 37.9. The lowest BCUT2D eigenvalue weighted by molar-refractivity contribution is -0.161. The number of rotatable bonds is 40. The van der Waals surface area contributed by atoms with Gasteiger partial charge in [0.2, 0.25) is 0 Å². The number of aliphatic carboxylic acids is 1. The summed E-state index contributed by atoms with van der Waals surface area (Å²) >= 11 is 0. The Labute approximate surface area is 327 Å². The lowest BCUT2D eigenvalue weighted by Gasteiger charge is -2.21. The molecule has 12 heteroatoms. The lowest BCUT2D eigenvalue weighted by Crippen LogP contribution is -2.31. The fraction of sp³-hybridized carbons (Fsp3) is 0.833. The van der Waals surface area contributed by atoms with Crippen LogP contribution in [-0.2, 0) is 37.5 Å². The van der Waals surface area contributed by atoms with E-state index in [2.05, 4.69) is 42.7 Å². The molecule has 0 radical (unpaired) electrons. The third-order valence-corrected chi connectivity index (χ3v) is 10.1. The van der Waals surface area contributed by atoms with E-state index in [1.54, 1.807) is 0 Å². The predicted octanol–water partition coefficient (Wildman–Crippen LogP) is 11.1. The number of allylic oxidation sites excluding steroid dienone is 4. The number of carbonyl (C=O) groups is 3. The zero-order valence-electron chi connectivity index (χ0n) is 33.9. The van der Waals surface area contributed by atoms with E-state index in [1.165, 1.54) is 77.0 Å². The molecule has 0 aromatic heterocycles. The number of carboxylic acids is 1. The first-order valence-electron chi connectivity index (χ1n) is 21.3. The van der Waals surface area contributed by atoms with Crippen molar-refractivity contribution in [1.82, 2.24) is 0 Å². The summed E-state index contributed by atoms with van der Waals surface area (Å²) in [4.78, 5) is 46.1. The van der Waals surface area contributed by atoms with Crippen LogP contribution in [0.4, 0.5) is 0 Å². The summed E-state index contributed by atoms with van der Waals surface area (Å²) in [5.74, 6) is -2.70. The van der Waals surface area contributed by atoms with Crippen LogP contribution in [0.2, 0.25) is 0 Å². The maximum absolute atomic E-state index is 12.6. The van der Waals surface area contributed by atoms with E-state index in [9.17, 15) is 23.8 Å². The minimum Gasteiger partial charge on any atom is -0.479 e. The molecule has 0 aliphatic heterocycles. The Morgan fingerprint density at radius 2 is 0.963 bits per heavy atom. The summed E-state index contributed by atoms with van der Waals surface area (Å²) in [7, 11) is -4.95. The van der Waals surface area contributed by atoms with Crippen LogP contribution < -0.4 is 0 Å². The molecule has 0 aromatic carbocycles. The molecule has 11 nitrogen and oxygen atoms in total. The van der Waals surface area contributed by atoms with Gasteiger partial charge in [0.25, 0.3) is 0 Å². The van der Waals surface area contributed by atoms with Crippen molar-refractivity contribution in [2.45, 2.75) is 206 Å². The van der Waals surface area contributed by atoms with Crippen LogP contribution in [0.25, 0.3) is 0 Å². The molecule has 0 fully saturated rings. The van der Waals surface area contributed by atoms with Gasteiger partial charge in [-0.2, -0.15) is 0 Å². The van der Waals surface area contributed by atoms with Gasteiger partial charge in [0.15, 0.2) is 12.2 Å². The highest BCUT2D eigenvalue weighted by molar-refractivity contribution is 7.47. The molecule has 0 saturated heterocycles. The number of phosphoric ester groups is 1. The molecule has 3 N–H and O–H groups in total. The molecule has 0 heterocycles. The molecule has 0 amide bonds. The largest absolute Gasteiger partial charge is 0.479 e. The molecule has 3 unspecified atom stereocenters. The van der Waals surface area contributed by atoms with E-state index in [1.807, 2.05) is 0 Å². The average Bonchev–Trinajstić information content (AvgIpc) is 3.14. The molecule has 0 rings (SSSR count). The summed E-state index contributed by atoms with van der Waals surface area (Å²) in [6.07, 6.45) is 35.7. The average molecular weight is 789 g/mol. The van der Waals surface area contributed by atoms with Crippen molar-refractivity contribution in [1.29, 1.82) is 0 Å². The van der Waals surface area contributed by atoms with Crippen LogP contribution in [0, 0.1) is 0 Å². The van der Waals surface area contributed by atoms with E-state index < -0.39 is 57.8 Å². The van der Waals surface area contributed by atoms with Crippen molar-refractivity contribution >= 4 is 25.7 Å². The molecular formula is C42H77O11P. The van der Waals surface area contributed by atoms with Gasteiger partial charge in [0, 0.05) is 12.8 Å². The molecule has 0 spiro atoms. The highest BCUT2D eigenvalue weighted by Crippen LogP contribution is 2.44. The Hall–Kier alpha value is -2.04. The third kappa shape index (κ3) is 35.6. The van der Waals surface area contributed by atoms with Crippen molar-refractivity contribution in [2.75, 3.05) is 19.8 Å². The molecule has 316 valence electrons. The van der Waals surface area contributed by atoms with Gasteiger partial charge in [0.05, 0.1) is 13.2 Å². The smallest absolute Gasteiger partial charge is 0.473 e. The standard InChI is InChI=1S/C42H77O11P/c1-3-5-7-9-11-13-15-17-19-21-23-25-27-29-31-33-40(44)50-36-38(37-51-54(48,49)53-39(35-43)42(46)47)52-41(45)34-32-30-28-26-24-22-20-18-16-14-12-10-8-6-4-2/h17-20,38-39,43H,3-16,21-37H2,1-2H3,(H,46,47)(H,48,49)/b19-17-,20-18-. The maximum Gasteiger partial charge on any atom is 0.473 e. The highest BCUT2D eigenvalue weighted by atomic mass is 31.2. The van der Waals surface area contributed by atoms with Gasteiger partial charge in [-0.15, -0.1) is 0 Å². The fourth-order valence-electron chi connectivity index (χ4n) is 5.82. The van der Waals surface area contributed by atoms with Crippen molar-refractivity contribution in [2.24, 2.45) is 0 Å². The van der Waals surface area contributed by atoms with E-state index in [0.717, 1.165) is 77.0 Å². The van der Waals surface area contributed by atoms with Gasteiger partial charge in [0.1, 0.15) is 6.61 Å². The Kier molecular flexibility index (Phi) is 36.4. The number of carboxylic acid groups (broad SMARTS) is 1. The van der Waals surface area contributed by atoms with Gasteiger partial charge < -0.3 is 24.6 Å². The molecule has 3 atom stereocenters. The number of aliphatic hydroxyl groups is 1. The van der Waals surface area contributed by atoms with Gasteiger partial charge >= 0.3 is 25.7 Å². The second-order valence-electron chi connectivity index (χ2n) is 14.3. The molecule has 0 saturated carbocycles. The van der Waals surface area contributed by atoms with Gasteiger partial charge in [-0.1, -0.05) is 141 Å². The number of aliphatic hydroxyl groups excluding tert-OH is 1. The first-order valence-corrected chi connectivity index (χ1v) is 22.8. The minimum atomic E-state index is -4.95. The summed E-state index contributed by atoms with van der Waals surface area (Å²) in [5, 5.41) is 18.1. The number of phosphoric acid groups is 1. The SMILES string of the molecule is CCCCCCCC/C=C\CCCCCCCC(=O)OCC(COP(=O)(O)OC(CO)C(=O)O)OC(=O)CCCCCCC/C=C\CCCCCCCC. The predicted molar refractivity (Wildman–Crippen MR) is 215 cm³/mol. The number of unbranched alkanes of at least 4 members (excludes halogenated alkanes) is 22. The summed E-state index contributed by atoms with van der Waals surface area (Å²) in [6, 6.07) is 0. The van der Waals surface area contributed by atoms with Crippen LogP contribution in [0.1, 0.15) is 194 Å². The van der Waals surface area contributed by atoms with Gasteiger partial charge in [-0.25, -0.2) is 9.36 Å². The number of hydrogen-bond donors (Lipinski definition) is 3. The van der Waals surface area contributed by atoms with E-state index in [-0.39, 0.29) is 12.8 Å². The monoisotopic (exact) mass is 789 g/mol. The quantitative estimate of drug-likeness (QED) is 0.0234. The topological polar surface area (TPSA) is 166 Å². The lowest BCUT2D eigenvalue weighted by atomic mass is 10.1. The van der Waals surface area contributed by atoms with Crippen molar-refractivity contribution in [3.63, 3.8) is 0 Å². The van der Waals surface area contributed by atoms with Crippen molar-refractivity contribution in [3.05, 3.63) is 24.3 Å². The van der Waals surface area contributed by atoms with E-state index >= 15 is 0 Å². The van der Waals surface area contributed by atoms with Crippen molar-refractivity contribution in [3.8, 4) is 0 Å². The zero-order chi connectivity index (χ0) is 40.0. The van der Waals surface area contributed by atoms with E-state index in [4.69, 9.17) is 24.2 Å². The van der Waals surface area contributed by atoms with Crippen LogP contribution in [0.5, 0.6) is 0 Å². The van der Waals surface area contributed by atoms with Gasteiger partial charge in [-0.05, 0) is 64.2 Å². The normalized spacial score (nSPS) is 14.0. The maximum atomic E-state index is 12.6. The molecular weight excluding hydrogens is 711 g/mol. The Morgan fingerprint density at radius 3 is 1.37 bits per heavy atom. The Balaban J connectivity index is 4.43. The Morgan fingerprint density at radius 1 is 0.574 bits per heavy atom. The summed E-state index contributed by atoms with van der Waals surface area (Å²) < 4.78 is 32.4. The summed E-state index contributed by atoms with van der Waals surface area (Å²) in [5.41, 5.74) is 0. The number of hydrogen-bond acceptors (Lipinski definition) is 9. The van der Waals surface area contributed by atoms with Crippen LogP contribution >= 0.6 is 7.82 Å². The van der Waals surface area contributed by atoms with Crippen LogP contribution in [0.3, 0.4) is 0 Å². The zero-order valence-corrected chi connectivity index (χ0v) is 34.8. The van der Waals surface area contributed by atoms with Crippen LogP contribution in [-0.4, -0.2) is 65.0 Å². The summed E-state index contributed by atoms with van der Waals surface area (Å²) in [6.45, 7) is 2.34. The highest BCUT2D eigenvalue weighted by Gasteiger charge is 2.32. The second-order valence-corrected chi connectivity index (χ2v) is 15.7. The van der Waals surface area contributed by atoms with Crippen LogP contribution in [0.15, 0.2) is 24.3 Å². The minimum absolute atomic E-state index is 0.121. The van der Waals surface area contributed by atoms with E-state index in [0.29, 0.717) is 12.8 Å². The molecule has 0 aliphatic rings.